The molecule has 1 atom stereocenters. The van der Waals surface area contributed by atoms with E-state index in [4.69, 9.17) is 9.47 Å². The number of anilines is 1. The van der Waals surface area contributed by atoms with Crippen LogP contribution in [-0.4, -0.2) is 44.0 Å². The fourth-order valence-electron chi connectivity index (χ4n) is 3.29. The largest absolute Gasteiger partial charge is 0.493 e. The van der Waals surface area contributed by atoms with Gasteiger partial charge in [-0.25, -0.2) is 8.78 Å². The van der Waals surface area contributed by atoms with Crippen LogP contribution in [0, 0.1) is 17.6 Å². The maximum Gasteiger partial charge on any atom is 0.229 e. The number of nitrogens with one attached hydrogen (secondary N) is 1. The Hall–Kier alpha value is -3.16. The van der Waals surface area contributed by atoms with E-state index in [1.807, 2.05) is 12.1 Å². The lowest BCUT2D eigenvalue weighted by Gasteiger charge is -2.17. The van der Waals surface area contributed by atoms with Crippen molar-refractivity contribution < 1.29 is 27.8 Å². The smallest absolute Gasteiger partial charge is 0.229 e. The zero-order valence-corrected chi connectivity index (χ0v) is 16.2. The van der Waals surface area contributed by atoms with Gasteiger partial charge in [0.05, 0.1) is 25.8 Å². The Morgan fingerprint density at radius 1 is 1.14 bits per heavy atom. The van der Waals surface area contributed by atoms with Crippen molar-refractivity contribution in [1.82, 2.24) is 4.90 Å². The molecular weight excluding hydrogens is 382 g/mol. The lowest BCUT2D eigenvalue weighted by molar-refractivity contribution is -0.128. The Kier molecular flexibility index (Phi) is 6.31. The summed E-state index contributed by atoms with van der Waals surface area (Å²) in [6, 6.07) is 8.36. The van der Waals surface area contributed by atoms with Crippen LogP contribution in [0.25, 0.3) is 0 Å². The van der Waals surface area contributed by atoms with Crippen molar-refractivity contribution in [2.24, 2.45) is 5.92 Å². The van der Waals surface area contributed by atoms with E-state index in [2.05, 4.69) is 5.32 Å². The molecule has 0 aliphatic carbocycles. The Bertz CT molecular complexity index is 920. The van der Waals surface area contributed by atoms with E-state index in [1.54, 1.807) is 25.2 Å². The lowest BCUT2D eigenvalue weighted by Crippen LogP contribution is -2.30. The number of carbonyl (C=O) groups excluding carboxylic acids is 2. The molecule has 0 saturated carbocycles. The summed E-state index contributed by atoms with van der Waals surface area (Å²) in [6.45, 7) is 0.668. The molecule has 29 heavy (non-hydrogen) atoms. The van der Waals surface area contributed by atoms with Crippen molar-refractivity contribution in [3.05, 3.63) is 53.6 Å². The molecule has 6 nitrogen and oxygen atoms in total. The summed E-state index contributed by atoms with van der Waals surface area (Å²) in [7, 11) is 3.11. The van der Waals surface area contributed by atoms with E-state index >= 15 is 0 Å². The zero-order valence-electron chi connectivity index (χ0n) is 16.2. The maximum absolute atomic E-state index is 13.7. The monoisotopic (exact) mass is 404 g/mol. The fourth-order valence-corrected chi connectivity index (χ4v) is 3.29. The molecule has 1 aliphatic heterocycles. The molecule has 0 spiro atoms. The maximum atomic E-state index is 13.7. The highest BCUT2D eigenvalue weighted by Gasteiger charge is 2.34. The summed E-state index contributed by atoms with van der Waals surface area (Å²) in [5, 5.41) is 2.37. The van der Waals surface area contributed by atoms with Gasteiger partial charge in [0.1, 0.15) is 11.6 Å². The van der Waals surface area contributed by atoms with Gasteiger partial charge in [-0.05, 0) is 36.2 Å². The topological polar surface area (TPSA) is 67.9 Å². The summed E-state index contributed by atoms with van der Waals surface area (Å²) in [5.41, 5.74) is 0.733. The van der Waals surface area contributed by atoms with Crippen LogP contribution in [-0.2, 0) is 16.0 Å². The summed E-state index contributed by atoms with van der Waals surface area (Å²) >= 11 is 0. The number of likely N-dealkylation sites (tertiary alicyclic amines) is 1. The minimum Gasteiger partial charge on any atom is -0.493 e. The van der Waals surface area contributed by atoms with E-state index < -0.39 is 23.5 Å². The number of methoxy groups -OCH3 is 2. The quantitative estimate of drug-likeness (QED) is 0.770. The van der Waals surface area contributed by atoms with Crippen LogP contribution in [0.15, 0.2) is 36.4 Å². The molecule has 1 saturated heterocycles. The first-order chi connectivity index (χ1) is 13.9. The third-order valence-electron chi connectivity index (χ3n) is 4.89. The van der Waals surface area contributed by atoms with Crippen LogP contribution < -0.4 is 14.8 Å². The number of nitrogens with zero attached hydrogens (tertiary/aromatic N) is 1. The summed E-state index contributed by atoms with van der Waals surface area (Å²) < 4.78 is 37.5. The Balaban J connectivity index is 1.58. The van der Waals surface area contributed by atoms with Gasteiger partial charge >= 0.3 is 0 Å². The summed E-state index contributed by atoms with van der Waals surface area (Å²) in [4.78, 5) is 26.3. The average Bonchev–Trinajstić information content (AvgIpc) is 3.09. The van der Waals surface area contributed by atoms with Gasteiger partial charge < -0.3 is 19.7 Å². The second-order valence-electron chi connectivity index (χ2n) is 6.79. The number of benzene rings is 2. The summed E-state index contributed by atoms with van der Waals surface area (Å²) in [6.07, 6.45) is 0.619. The fraction of sp³-hybridized carbons (Fsp3) is 0.333. The highest BCUT2D eigenvalue weighted by Crippen LogP contribution is 2.28. The van der Waals surface area contributed by atoms with Crippen LogP contribution >= 0.6 is 0 Å². The van der Waals surface area contributed by atoms with Gasteiger partial charge in [0.2, 0.25) is 11.8 Å². The van der Waals surface area contributed by atoms with Crippen LogP contribution in [0.4, 0.5) is 14.5 Å². The van der Waals surface area contributed by atoms with Crippen molar-refractivity contribution in [2.45, 2.75) is 12.8 Å². The predicted octanol–water partition coefficient (Wildman–Crippen LogP) is 3.01. The molecule has 1 fully saturated rings. The van der Waals surface area contributed by atoms with E-state index in [0.717, 1.165) is 23.8 Å². The Labute approximate surface area is 167 Å². The number of hydrogen-bond donors (Lipinski definition) is 1. The minimum absolute atomic E-state index is 0.0364. The van der Waals surface area contributed by atoms with Crippen molar-refractivity contribution >= 4 is 17.5 Å². The number of rotatable bonds is 7. The predicted molar refractivity (Wildman–Crippen MR) is 103 cm³/mol. The molecule has 1 aliphatic rings. The Morgan fingerprint density at radius 2 is 1.90 bits per heavy atom. The zero-order chi connectivity index (χ0) is 21.0. The van der Waals surface area contributed by atoms with Crippen LogP contribution in [0.1, 0.15) is 12.0 Å². The molecule has 3 rings (SSSR count). The standard InChI is InChI=1S/C21H22F2N2O4/c1-28-18-6-3-13(9-19(18)29-2)7-8-25-12-14(10-20(25)26)21(27)24-17-11-15(22)4-5-16(17)23/h3-6,9,11,14H,7-8,10,12H2,1-2H3,(H,24,27)/t14-/m1/s1. The molecule has 0 unspecified atom stereocenters. The molecule has 154 valence electrons. The third kappa shape index (κ3) is 4.82. The first kappa shape index (κ1) is 20.6. The molecular formula is C21H22F2N2O4. The van der Waals surface area contributed by atoms with Gasteiger partial charge in [-0.15, -0.1) is 0 Å². The molecule has 2 aromatic carbocycles. The molecule has 2 amide bonds. The van der Waals surface area contributed by atoms with Gasteiger partial charge in [-0.3, -0.25) is 9.59 Å². The second-order valence-corrected chi connectivity index (χ2v) is 6.79. The first-order valence-electron chi connectivity index (χ1n) is 9.16. The van der Waals surface area contributed by atoms with E-state index in [9.17, 15) is 18.4 Å². The van der Waals surface area contributed by atoms with E-state index in [0.29, 0.717) is 24.5 Å². The van der Waals surface area contributed by atoms with Crippen molar-refractivity contribution in [3.63, 3.8) is 0 Å². The average molecular weight is 404 g/mol. The highest BCUT2D eigenvalue weighted by atomic mass is 19.1. The molecule has 0 bridgehead atoms. The number of carbonyl (C=O) groups is 2. The molecule has 0 aromatic heterocycles. The first-order valence-corrected chi connectivity index (χ1v) is 9.16. The minimum atomic E-state index is -0.727. The number of ether oxygens (including phenoxy) is 2. The molecule has 2 aromatic rings. The number of amides is 2. The highest BCUT2D eigenvalue weighted by molar-refractivity contribution is 5.97. The summed E-state index contributed by atoms with van der Waals surface area (Å²) in [5.74, 6) is -1.42. The van der Waals surface area contributed by atoms with Gasteiger partial charge in [-0.2, -0.15) is 0 Å². The van der Waals surface area contributed by atoms with Crippen LogP contribution in [0.2, 0.25) is 0 Å². The normalized spacial score (nSPS) is 16.1. The molecule has 1 N–H and O–H groups in total. The Morgan fingerprint density at radius 3 is 2.62 bits per heavy atom. The molecule has 0 radical (unpaired) electrons. The third-order valence-corrected chi connectivity index (χ3v) is 4.89. The molecule has 1 heterocycles. The van der Waals surface area contributed by atoms with Gasteiger partial charge in [0.25, 0.3) is 0 Å². The van der Waals surface area contributed by atoms with Crippen molar-refractivity contribution in [3.8, 4) is 11.5 Å². The van der Waals surface area contributed by atoms with Crippen molar-refractivity contribution in [2.75, 3.05) is 32.6 Å². The van der Waals surface area contributed by atoms with Crippen LogP contribution in [0.5, 0.6) is 11.5 Å². The van der Waals surface area contributed by atoms with E-state index in [-0.39, 0.29) is 24.6 Å². The number of halogens is 2. The number of hydrogen-bond acceptors (Lipinski definition) is 4. The molecule has 8 heteroatoms. The van der Waals surface area contributed by atoms with Gasteiger partial charge in [-0.1, -0.05) is 6.07 Å². The lowest BCUT2D eigenvalue weighted by atomic mass is 10.1. The SMILES string of the molecule is COc1ccc(CCN2C[C@H](C(=O)Nc3cc(F)ccc3F)CC2=O)cc1OC. The van der Waals surface area contributed by atoms with Crippen molar-refractivity contribution in [1.29, 1.82) is 0 Å². The van der Waals surface area contributed by atoms with Crippen LogP contribution in [0.3, 0.4) is 0 Å². The van der Waals surface area contributed by atoms with Gasteiger partial charge in [0, 0.05) is 25.6 Å². The van der Waals surface area contributed by atoms with E-state index in [1.165, 1.54) is 0 Å². The van der Waals surface area contributed by atoms with Gasteiger partial charge in [0.15, 0.2) is 11.5 Å². The second kappa shape index (κ2) is 8.89.